The average molecular weight is 158 g/mol. The smallest absolute Gasteiger partial charge is 0.375 e. The summed E-state index contributed by atoms with van der Waals surface area (Å²) in [6.45, 7) is 0. The molecular weight excluding hydrogens is 148 g/mol. The van der Waals surface area contributed by atoms with E-state index in [9.17, 15) is 9.59 Å². The zero-order valence-corrected chi connectivity index (χ0v) is 6.00. The number of hydrogen-bond donors (Lipinski definition) is 2. The van der Waals surface area contributed by atoms with Crippen LogP contribution in [0.3, 0.4) is 0 Å². The Bertz CT molecular complexity index is 177. The van der Waals surface area contributed by atoms with E-state index in [0.29, 0.717) is 0 Å². The van der Waals surface area contributed by atoms with E-state index in [0.717, 1.165) is 19.3 Å². The van der Waals surface area contributed by atoms with Crippen LogP contribution >= 0.6 is 0 Å². The van der Waals surface area contributed by atoms with E-state index in [2.05, 4.69) is 4.74 Å². The molecule has 0 aromatic rings. The fraction of sp³-hybridized carbons (Fsp3) is 0.667. The van der Waals surface area contributed by atoms with Gasteiger partial charge in [-0.05, 0) is 12.8 Å². The molecule has 0 saturated heterocycles. The van der Waals surface area contributed by atoms with E-state index < -0.39 is 12.1 Å². The lowest BCUT2D eigenvalue weighted by Crippen LogP contribution is -2.35. The summed E-state index contributed by atoms with van der Waals surface area (Å²) >= 11 is 0. The Kier molecular flexibility index (Phi) is 2.43. The number of carbonyl (C=O) groups is 2. The molecule has 0 atom stereocenters. The Morgan fingerprint density at radius 1 is 1.45 bits per heavy atom. The molecule has 0 heterocycles. The number of esters is 1. The molecule has 1 fully saturated rings. The van der Waals surface area contributed by atoms with Crippen molar-refractivity contribution in [3.05, 3.63) is 0 Å². The number of nitrogens with one attached hydrogen (secondary N) is 1. The van der Waals surface area contributed by atoms with Crippen molar-refractivity contribution in [3.63, 3.8) is 0 Å². The van der Waals surface area contributed by atoms with Crippen molar-refractivity contribution in [3.8, 4) is 0 Å². The summed E-state index contributed by atoms with van der Waals surface area (Å²) in [7, 11) is 0. The molecule has 1 aliphatic rings. The van der Waals surface area contributed by atoms with Gasteiger partial charge in [0.2, 0.25) is 0 Å². The van der Waals surface area contributed by atoms with E-state index in [1.54, 1.807) is 5.43 Å². The van der Waals surface area contributed by atoms with Crippen molar-refractivity contribution in [2.24, 2.45) is 11.8 Å². The lowest BCUT2D eigenvalue weighted by molar-refractivity contribution is -0.144. The summed E-state index contributed by atoms with van der Waals surface area (Å²) in [5, 5.41) is 0. The van der Waals surface area contributed by atoms with Gasteiger partial charge < -0.3 is 4.74 Å². The second kappa shape index (κ2) is 3.34. The molecule has 5 heteroatoms. The molecule has 1 rings (SSSR count). The summed E-state index contributed by atoms with van der Waals surface area (Å²) in [6, 6.07) is 0. The molecule has 1 aliphatic carbocycles. The van der Waals surface area contributed by atoms with Gasteiger partial charge in [-0.1, -0.05) is 6.42 Å². The van der Waals surface area contributed by atoms with Crippen molar-refractivity contribution in [1.82, 2.24) is 5.43 Å². The summed E-state index contributed by atoms with van der Waals surface area (Å²) in [4.78, 5) is 21.2. The van der Waals surface area contributed by atoms with Gasteiger partial charge in [0.05, 0.1) is 5.92 Å². The normalized spacial score (nSPS) is 16.8. The van der Waals surface area contributed by atoms with E-state index in [1.165, 1.54) is 0 Å². The Hall–Kier alpha value is -1.10. The summed E-state index contributed by atoms with van der Waals surface area (Å²) in [6.07, 6.45) is 1.78. The Morgan fingerprint density at radius 3 is 2.45 bits per heavy atom. The molecule has 0 unspecified atom stereocenters. The Balaban J connectivity index is 2.25. The zero-order valence-electron chi connectivity index (χ0n) is 6.00. The second-order valence-corrected chi connectivity index (χ2v) is 2.48. The fourth-order valence-corrected chi connectivity index (χ4v) is 0.848. The number of rotatable bonds is 1. The standard InChI is InChI=1S/C6H10N2O3/c7-8-6(10)11-5(9)4-2-1-3-4/h4H,1-3,7H2,(H,8,10). The third-order valence-corrected chi connectivity index (χ3v) is 1.75. The van der Waals surface area contributed by atoms with Crippen molar-refractivity contribution in [2.75, 3.05) is 0 Å². The van der Waals surface area contributed by atoms with Crippen molar-refractivity contribution in [1.29, 1.82) is 0 Å². The van der Waals surface area contributed by atoms with E-state index >= 15 is 0 Å². The van der Waals surface area contributed by atoms with Gasteiger partial charge >= 0.3 is 12.1 Å². The van der Waals surface area contributed by atoms with Gasteiger partial charge in [-0.3, -0.25) is 10.2 Å². The lowest BCUT2D eigenvalue weighted by atomic mass is 9.86. The predicted octanol–water partition coefficient (Wildman–Crippen LogP) is -0.0870. The predicted molar refractivity (Wildman–Crippen MR) is 36.2 cm³/mol. The van der Waals surface area contributed by atoms with Crippen LogP contribution in [0.25, 0.3) is 0 Å². The molecule has 5 nitrogen and oxygen atoms in total. The SMILES string of the molecule is NNC(=O)OC(=O)C1CCC1. The molecule has 0 radical (unpaired) electrons. The largest absolute Gasteiger partial charge is 0.429 e. The van der Waals surface area contributed by atoms with Crippen molar-refractivity contribution >= 4 is 12.1 Å². The van der Waals surface area contributed by atoms with Crippen LogP contribution in [0.4, 0.5) is 4.79 Å². The first-order valence-electron chi connectivity index (χ1n) is 3.46. The molecule has 3 N–H and O–H groups in total. The molecule has 0 aromatic carbocycles. The van der Waals surface area contributed by atoms with Crippen LogP contribution in [0.15, 0.2) is 0 Å². The molecule has 11 heavy (non-hydrogen) atoms. The number of amides is 1. The van der Waals surface area contributed by atoms with Gasteiger partial charge in [0.15, 0.2) is 0 Å². The molecule has 0 spiro atoms. The molecule has 62 valence electrons. The highest BCUT2D eigenvalue weighted by molar-refractivity contribution is 5.85. The highest BCUT2D eigenvalue weighted by Crippen LogP contribution is 2.27. The van der Waals surface area contributed by atoms with E-state index in [1.807, 2.05) is 0 Å². The van der Waals surface area contributed by atoms with Gasteiger partial charge in [0.1, 0.15) is 0 Å². The quantitative estimate of drug-likeness (QED) is 0.184. The number of hydrogen-bond acceptors (Lipinski definition) is 4. The minimum absolute atomic E-state index is 0.0905. The van der Waals surface area contributed by atoms with Gasteiger partial charge in [-0.2, -0.15) is 0 Å². The molecule has 0 bridgehead atoms. The van der Waals surface area contributed by atoms with Crippen molar-refractivity contribution in [2.45, 2.75) is 19.3 Å². The highest BCUT2D eigenvalue weighted by atomic mass is 16.6. The van der Waals surface area contributed by atoms with Crippen LogP contribution in [0, 0.1) is 5.92 Å². The van der Waals surface area contributed by atoms with Gasteiger partial charge in [0, 0.05) is 0 Å². The number of carbonyl (C=O) groups excluding carboxylic acids is 2. The topological polar surface area (TPSA) is 81.4 Å². The maximum Gasteiger partial charge on any atom is 0.429 e. The molecule has 0 aromatic heterocycles. The minimum Gasteiger partial charge on any atom is -0.375 e. The molecule has 1 amide bonds. The Labute approximate surface area is 63.9 Å². The first-order chi connectivity index (χ1) is 5.24. The average Bonchev–Trinajstić information content (AvgIpc) is 1.83. The van der Waals surface area contributed by atoms with Crippen LogP contribution in [0.1, 0.15) is 19.3 Å². The summed E-state index contributed by atoms with van der Waals surface area (Å²) < 4.78 is 4.29. The maximum atomic E-state index is 10.9. The van der Waals surface area contributed by atoms with Crippen molar-refractivity contribution < 1.29 is 14.3 Å². The molecule has 1 saturated carbocycles. The minimum atomic E-state index is -0.887. The van der Waals surface area contributed by atoms with Gasteiger partial charge in [0.25, 0.3) is 0 Å². The number of hydrazine groups is 1. The second-order valence-electron chi connectivity index (χ2n) is 2.48. The first kappa shape index (κ1) is 8.00. The van der Waals surface area contributed by atoms with Crippen LogP contribution < -0.4 is 11.3 Å². The maximum absolute atomic E-state index is 10.9. The van der Waals surface area contributed by atoms with Gasteiger partial charge in [-0.15, -0.1) is 0 Å². The lowest BCUT2D eigenvalue weighted by Gasteiger charge is -2.21. The Morgan fingerprint density at radius 2 is 2.09 bits per heavy atom. The van der Waals surface area contributed by atoms with E-state index in [4.69, 9.17) is 5.84 Å². The third kappa shape index (κ3) is 1.91. The number of ether oxygens (including phenoxy) is 1. The third-order valence-electron chi connectivity index (χ3n) is 1.75. The molecule has 0 aliphatic heterocycles. The van der Waals surface area contributed by atoms with Crippen LogP contribution in [-0.4, -0.2) is 12.1 Å². The van der Waals surface area contributed by atoms with E-state index in [-0.39, 0.29) is 5.92 Å². The fourth-order valence-electron chi connectivity index (χ4n) is 0.848. The van der Waals surface area contributed by atoms with Crippen LogP contribution in [-0.2, 0) is 9.53 Å². The van der Waals surface area contributed by atoms with Crippen LogP contribution in [0.2, 0.25) is 0 Å². The van der Waals surface area contributed by atoms with Gasteiger partial charge in [-0.25, -0.2) is 10.6 Å². The monoisotopic (exact) mass is 158 g/mol. The summed E-state index contributed by atoms with van der Waals surface area (Å²) in [5.41, 5.74) is 1.72. The number of nitrogens with two attached hydrogens (primary N) is 1. The molecular formula is C6H10N2O3. The zero-order chi connectivity index (χ0) is 8.27. The summed E-state index contributed by atoms with van der Waals surface area (Å²) in [5.74, 6) is 4.14. The highest BCUT2D eigenvalue weighted by Gasteiger charge is 2.28. The van der Waals surface area contributed by atoms with Crippen LogP contribution in [0.5, 0.6) is 0 Å². The first-order valence-corrected chi connectivity index (χ1v) is 3.46.